The third kappa shape index (κ3) is 1.90. The molecule has 0 aliphatic heterocycles. The molecule has 3 rings (SSSR count). The Morgan fingerprint density at radius 2 is 1.53 bits per heavy atom. The van der Waals surface area contributed by atoms with Crippen molar-refractivity contribution in [2.24, 2.45) is 0 Å². The van der Waals surface area contributed by atoms with E-state index in [1.54, 1.807) is 6.07 Å². The highest BCUT2D eigenvalue weighted by molar-refractivity contribution is 5.91. The summed E-state index contributed by atoms with van der Waals surface area (Å²) in [4.78, 5) is 0. The molecule has 0 aromatic heterocycles. The van der Waals surface area contributed by atoms with E-state index in [1.165, 1.54) is 43.1 Å². The first kappa shape index (κ1) is 10.6. The van der Waals surface area contributed by atoms with Crippen LogP contribution in [0.4, 0.5) is 0 Å². The van der Waals surface area contributed by atoms with Gasteiger partial charge in [0.25, 0.3) is 0 Å². The second-order valence-electron chi connectivity index (χ2n) is 5.05. The summed E-state index contributed by atoms with van der Waals surface area (Å²) in [6.45, 7) is 0. The van der Waals surface area contributed by atoms with Gasteiger partial charge in [-0.25, -0.2) is 0 Å². The fraction of sp³-hybridized carbons (Fsp3) is 0.375. The van der Waals surface area contributed by atoms with Crippen molar-refractivity contribution in [2.45, 2.75) is 38.0 Å². The van der Waals surface area contributed by atoms with Crippen LogP contribution in [0.25, 0.3) is 10.8 Å². The molecular weight excluding hydrogens is 208 g/mol. The number of fused-ring (bicyclic) bond motifs is 1. The summed E-state index contributed by atoms with van der Waals surface area (Å²) in [6.07, 6.45) is 6.68. The average molecular weight is 226 g/mol. The van der Waals surface area contributed by atoms with Crippen molar-refractivity contribution in [3.63, 3.8) is 0 Å². The van der Waals surface area contributed by atoms with E-state index < -0.39 is 0 Å². The summed E-state index contributed by atoms with van der Waals surface area (Å²) in [5.74, 6) is 1.09. The van der Waals surface area contributed by atoms with E-state index >= 15 is 0 Å². The van der Waals surface area contributed by atoms with E-state index in [4.69, 9.17) is 0 Å². The van der Waals surface area contributed by atoms with Gasteiger partial charge in [0, 0.05) is 5.39 Å². The number of hydrogen-bond acceptors (Lipinski definition) is 1. The molecule has 0 saturated heterocycles. The monoisotopic (exact) mass is 226 g/mol. The minimum absolute atomic E-state index is 0.403. The van der Waals surface area contributed by atoms with Gasteiger partial charge in [0.1, 0.15) is 5.75 Å². The van der Waals surface area contributed by atoms with Crippen molar-refractivity contribution in [3.8, 4) is 5.75 Å². The molecule has 1 heteroatoms. The second-order valence-corrected chi connectivity index (χ2v) is 5.05. The summed E-state index contributed by atoms with van der Waals surface area (Å²) in [6, 6.07) is 12.2. The molecule has 2 aromatic carbocycles. The molecule has 88 valence electrons. The summed E-state index contributed by atoms with van der Waals surface area (Å²) in [7, 11) is 0. The van der Waals surface area contributed by atoms with Gasteiger partial charge in [-0.1, -0.05) is 49.6 Å². The van der Waals surface area contributed by atoms with Gasteiger partial charge in [-0.2, -0.15) is 0 Å². The van der Waals surface area contributed by atoms with E-state index in [1.807, 2.05) is 12.1 Å². The van der Waals surface area contributed by atoms with Crippen LogP contribution in [0, 0.1) is 0 Å². The van der Waals surface area contributed by atoms with Gasteiger partial charge < -0.3 is 5.11 Å². The summed E-state index contributed by atoms with van der Waals surface area (Å²) < 4.78 is 0. The Balaban J connectivity index is 2.12. The fourth-order valence-electron chi connectivity index (χ4n) is 3.09. The molecule has 1 fully saturated rings. The fourth-order valence-corrected chi connectivity index (χ4v) is 3.09. The first-order valence-electron chi connectivity index (χ1n) is 6.57. The topological polar surface area (TPSA) is 20.2 Å². The molecule has 17 heavy (non-hydrogen) atoms. The molecule has 1 nitrogen and oxygen atoms in total. The maximum atomic E-state index is 9.89. The molecule has 0 heterocycles. The van der Waals surface area contributed by atoms with Crippen molar-refractivity contribution in [1.82, 2.24) is 0 Å². The van der Waals surface area contributed by atoms with E-state index in [0.717, 1.165) is 5.39 Å². The zero-order chi connectivity index (χ0) is 11.7. The van der Waals surface area contributed by atoms with E-state index in [0.29, 0.717) is 11.7 Å². The van der Waals surface area contributed by atoms with Crippen molar-refractivity contribution >= 4 is 10.8 Å². The number of hydrogen-bond donors (Lipinski definition) is 1. The van der Waals surface area contributed by atoms with Gasteiger partial charge in [-0.05, 0) is 35.8 Å². The molecule has 0 spiro atoms. The first-order valence-corrected chi connectivity index (χ1v) is 6.57. The minimum Gasteiger partial charge on any atom is -0.507 e. The van der Waals surface area contributed by atoms with E-state index in [9.17, 15) is 5.11 Å². The minimum atomic E-state index is 0.403. The third-order valence-corrected chi connectivity index (χ3v) is 3.98. The number of rotatable bonds is 1. The highest BCUT2D eigenvalue weighted by Crippen LogP contribution is 2.37. The van der Waals surface area contributed by atoms with Crippen LogP contribution in [0.15, 0.2) is 36.4 Å². The van der Waals surface area contributed by atoms with Gasteiger partial charge in [0.05, 0.1) is 0 Å². The van der Waals surface area contributed by atoms with Crippen molar-refractivity contribution < 1.29 is 5.11 Å². The zero-order valence-corrected chi connectivity index (χ0v) is 10.0. The van der Waals surface area contributed by atoms with Crippen molar-refractivity contribution in [3.05, 3.63) is 42.0 Å². The van der Waals surface area contributed by atoms with Crippen LogP contribution >= 0.6 is 0 Å². The number of aromatic hydroxyl groups is 1. The third-order valence-electron chi connectivity index (χ3n) is 3.98. The van der Waals surface area contributed by atoms with Gasteiger partial charge in [-0.3, -0.25) is 0 Å². The quantitative estimate of drug-likeness (QED) is 0.753. The summed E-state index contributed by atoms with van der Waals surface area (Å²) in [5, 5.41) is 12.1. The second kappa shape index (κ2) is 4.40. The Kier molecular flexibility index (Phi) is 2.76. The maximum Gasteiger partial charge on any atom is 0.123 e. The Morgan fingerprint density at radius 3 is 2.35 bits per heavy atom. The lowest BCUT2D eigenvalue weighted by molar-refractivity contribution is 0.445. The Morgan fingerprint density at radius 1 is 0.824 bits per heavy atom. The largest absolute Gasteiger partial charge is 0.507 e. The number of phenolic OH excluding ortho intramolecular Hbond substituents is 1. The molecule has 1 saturated carbocycles. The summed E-state index contributed by atoms with van der Waals surface area (Å²) >= 11 is 0. The Hall–Kier alpha value is -1.50. The molecule has 2 aromatic rings. The Labute approximate surface area is 102 Å². The van der Waals surface area contributed by atoms with Crippen LogP contribution in [0.1, 0.15) is 43.6 Å². The molecule has 1 aliphatic carbocycles. The highest BCUT2D eigenvalue weighted by atomic mass is 16.3. The van der Waals surface area contributed by atoms with Crippen LogP contribution in [0.3, 0.4) is 0 Å². The lowest BCUT2D eigenvalue weighted by atomic mass is 9.82. The van der Waals surface area contributed by atoms with Crippen LogP contribution in [-0.4, -0.2) is 5.11 Å². The van der Waals surface area contributed by atoms with E-state index in [-0.39, 0.29) is 0 Å². The van der Waals surface area contributed by atoms with Gasteiger partial charge in [0.15, 0.2) is 0 Å². The molecule has 0 unspecified atom stereocenters. The van der Waals surface area contributed by atoms with Gasteiger partial charge >= 0.3 is 0 Å². The van der Waals surface area contributed by atoms with Crippen LogP contribution < -0.4 is 0 Å². The van der Waals surface area contributed by atoms with Crippen LogP contribution in [0.2, 0.25) is 0 Å². The SMILES string of the molecule is Oc1cccc2c(C3CCCCC3)cccc12. The van der Waals surface area contributed by atoms with Gasteiger partial charge in [-0.15, -0.1) is 0 Å². The molecule has 0 radical (unpaired) electrons. The predicted octanol–water partition coefficient (Wildman–Crippen LogP) is 4.59. The van der Waals surface area contributed by atoms with Crippen LogP contribution in [0.5, 0.6) is 5.75 Å². The van der Waals surface area contributed by atoms with Crippen LogP contribution in [-0.2, 0) is 0 Å². The molecule has 1 aliphatic rings. The Bertz CT molecular complexity index is 524. The lowest BCUT2D eigenvalue weighted by Crippen LogP contribution is -2.04. The van der Waals surface area contributed by atoms with Crippen molar-refractivity contribution in [2.75, 3.05) is 0 Å². The maximum absolute atomic E-state index is 9.89. The molecule has 0 bridgehead atoms. The normalized spacial score (nSPS) is 17.4. The van der Waals surface area contributed by atoms with Crippen molar-refractivity contribution in [1.29, 1.82) is 0 Å². The predicted molar refractivity (Wildman–Crippen MR) is 71.4 cm³/mol. The average Bonchev–Trinajstić information content (AvgIpc) is 2.40. The molecule has 0 atom stereocenters. The number of benzene rings is 2. The standard InChI is InChI=1S/C16H18O/c17-16-11-5-9-14-13(8-4-10-15(14)16)12-6-2-1-3-7-12/h4-5,8-12,17H,1-3,6-7H2. The molecular formula is C16H18O. The lowest BCUT2D eigenvalue weighted by Gasteiger charge is -2.23. The number of phenols is 1. The molecule has 0 amide bonds. The molecule has 1 N–H and O–H groups in total. The first-order chi connectivity index (χ1) is 8.36. The van der Waals surface area contributed by atoms with E-state index in [2.05, 4.69) is 18.2 Å². The summed E-state index contributed by atoms with van der Waals surface area (Å²) in [5.41, 5.74) is 1.43. The van der Waals surface area contributed by atoms with Gasteiger partial charge in [0.2, 0.25) is 0 Å². The zero-order valence-electron chi connectivity index (χ0n) is 10.0. The smallest absolute Gasteiger partial charge is 0.123 e. The highest BCUT2D eigenvalue weighted by Gasteiger charge is 2.17.